The van der Waals surface area contributed by atoms with Gasteiger partial charge in [-0.2, -0.15) is 10.2 Å². The first-order chi connectivity index (χ1) is 20.6. The minimum absolute atomic E-state index is 0.113. The number of carbonyl (C=O) groups excluding carboxylic acids is 1. The molecule has 0 bridgehead atoms. The molecule has 42 heavy (non-hydrogen) atoms. The topological polar surface area (TPSA) is 90.1 Å². The van der Waals surface area contributed by atoms with Crippen molar-refractivity contribution in [3.05, 3.63) is 54.1 Å². The van der Waals surface area contributed by atoms with Crippen molar-refractivity contribution in [2.75, 3.05) is 32.8 Å². The Labute approximate surface area is 246 Å². The van der Waals surface area contributed by atoms with Gasteiger partial charge in [-0.15, -0.1) is 0 Å². The number of nitrogens with zero attached hydrogens (tertiary/aromatic N) is 6. The van der Waals surface area contributed by atoms with E-state index in [9.17, 15) is 4.79 Å². The highest BCUT2D eigenvalue weighted by molar-refractivity contribution is 5.97. The first kappa shape index (κ1) is 26.1. The van der Waals surface area contributed by atoms with Crippen LogP contribution in [0.5, 0.6) is 0 Å². The van der Waals surface area contributed by atoms with Crippen molar-refractivity contribution >= 4 is 16.7 Å². The fourth-order valence-electron chi connectivity index (χ4n) is 7.77. The number of fused-ring (bicyclic) bond motifs is 2. The Hall–Kier alpha value is -3.56. The molecule has 1 aliphatic carbocycles. The van der Waals surface area contributed by atoms with Crippen LogP contribution < -0.4 is 5.32 Å². The molecule has 0 unspecified atom stereocenters. The van der Waals surface area contributed by atoms with E-state index in [1.807, 2.05) is 17.3 Å². The Morgan fingerprint density at radius 3 is 2.81 bits per heavy atom. The van der Waals surface area contributed by atoms with E-state index in [0.717, 1.165) is 84.8 Å². The molecule has 1 aromatic carbocycles. The number of ether oxygens (including phenoxy) is 1. The van der Waals surface area contributed by atoms with Gasteiger partial charge in [0.25, 0.3) is 0 Å². The molecule has 0 atom stereocenters. The van der Waals surface area contributed by atoms with Crippen LogP contribution in [0.2, 0.25) is 0 Å². The van der Waals surface area contributed by atoms with Crippen LogP contribution in [0.25, 0.3) is 33.3 Å². The van der Waals surface area contributed by atoms with Gasteiger partial charge >= 0.3 is 0 Å². The zero-order valence-corrected chi connectivity index (χ0v) is 24.4. The second kappa shape index (κ2) is 10.3. The van der Waals surface area contributed by atoms with Gasteiger partial charge in [0.15, 0.2) is 0 Å². The van der Waals surface area contributed by atoms with E-state index in [4.69, 9.17) is 14.8 Å². The van der Waals surface area contributed by atoms with E-state index in [-0.39, 0.29) is 5.91 Å². The smallest absolute Gasteiger partial charge is 0.219 e. The second-order valence-corrected chi connectivity index (χ2v) is 13.0. The van der Waals surface area contributed by atoms with Crippen LogP contribution in [0.3, 0.4) is 0 Å². The van der Waals surface area contributed by atoms with Gasteiger partial charge in [0, 0.05) is 99.4 Å². The molecule has 4 aromatic rings. The lowest BCUT2D eigenvalue weighted by molar-refractivity contribution is -0.129. The van der Waals surface area contributed by atoms with Gasteiger partial charge in [0.2, 0.25) is 5.91 Å². The van der Waals surface area contributed by atoms with Crippen molar-refractivity contribution in [2.45, 2.75) is 64.6 Å². The minimum Gasteiger partial charge on any atom is -0.381 e. The molecule has 0 radical (unpaired) electrons. The highest BCUT2D eigenvalue weighted by Crippen LogP contribution is 2.49. The molecule has 4 aliphatic rings. The van der Waals surface area contributed by atoms with Crippen molar-refractivity contribution in [3.63, 3.8) is 0 Å². The van der Waals surface area contributed by atoms with Gasteiger partial charge in [-0.05, 0) is 54.9 Å². The largest absolute Gasteiger partial charge is 0.381 e. The molecule has 3 aliphatic heterocycles. The lowest BCUT2D eigenvalue weighted by Gasteiger charge is -2.54. The van der Waals surface area contributed by atoms with Crippen molar-refractivity contribution in [3.8, 4) is 22.5 Å². The Morgan fingerprint density at radius 2 is 2.02 bits per heavy atom. The maximum absolute atomic E-state index is 12.3. The molecular weight excluding hydrogens is 526 g/mol. The highest BCUT2D eigenvalue weighted by Gasteiger charge is 2.47. The van der Waals surface area contributed by atoms with Gasteiger partial charge in [-0.25, -0.2) is 0 Å². The molecule has 2 saturated heterocycles. The summed E-state index contributed by atoms with van der Waals surface area (Å²) in [4.78, 5) is 19.2. The second-order valence-electron chi connectivity index (χ2n) is 13.0. The van der Waals surface area contributed by atoms with E-state index >= 15 is 0 Å². The monoisotopic (exact) mass is 565 g/mol. The lowest BCUT2D eigenvalue weighted by Crippen LogP contribution is -2.60. The standard InChI is InChI=1S/C33H39N7O2/c1-22(41)38-9-6-31-29(19-38)32(37-40(31)26-7-11-42-12-8-26)27-4-2-3-24-13-30(35-17-28(24)27)25-16-36-39(18-25)10-5-23-14-33(15-23)20-34-21-33/h2-4,13,16-18,23,26,34H,5-12,14-15,19-21H2,1H3. The number of pyridine rings is 1. The number of nitrogens with one attached hydrogen (secondary N) is 1. The number of amides is 1. The molecule has 1 saturated carbocycles. The molecule has 9 heteroatoms. The predicted molar refractivity (Wildman–Crippen MR) is 161 cm³/mol. The Kier molecular flexibility index (Phi) is 6.41. The van der Waals surface area contributed by atoms with Crippen LogP contribution in [0.1, 0.15) is 56.3 Å². The fourth-order valence-corrected chi connectivity index (χ4v) is 7.77. The zero-order valence-electron chi connectivity index (χ0n) is 24.4. The van der Waals surface area contributed by atoms with Crippen LogP contribution in [0.4, 0.5) is 0 Å². The van der Waals surface area contributed by atoms with E-state index in [2.05, 4.69) is 50.2 Å². The summed E-state index contributed by atoms with van der Waals surface area (Å²) in [6.45, 7) is 7.92. The summed E-state index contributed by atoms with van der Waals surface area (Å²) in [5.41, 5.74) is 7.11. The Bertz CT molecular complexity index is 1640. The maximum Gasteiger partial charge on any atom is 0.219 e. The molecule has 1 N–H and O–H groups in total. The van der Waals surface area contributed by atoms with Crippen molar-refractivity contribution < 1.29 is 9.53 Å². The molecule has 3 aromatic heterocycles. The Balaban J connectivity index is 1.08. The summed E-state index contributed by atoms with van der Waals surface area (Å²) < 4.78 is 9.98. The molecule has 6 heterocycles. The van der Waals surface area contributed by atoms with Gasteiger partial charge in [0.05, 0.1) is 23.6 Å². The van der Waals surface area contributed by atoms with E-state index in [1.165, 1.54) is 43.6 Å². The number of hydrogen-bond acceptors (Lipinski definition) is 6. The summed E-state index contributed by atoms with van der Waals surface area (Å²) in [5.74, 6) is 0.947. The summed E-state index contributed by atoms with van der Waals surface area (Å²) >= 11 is 0. The van der Waals surface area contributed by atoms with Gasteiger partial charge in [0.1, 0.15) is 0 Å². The van der Waals surface area contributed by atoms with Crippen molar-refractivity contribution in [2.24, 2.45) is 11.3 Å². The number of carbonyl (C=O) groups is 1. The van der Waals surface area contributed by atoms with Crippen LogP contribution in [0, 0.1) is 11.3 Å². The zero-order chi connectivity index (χ0) is 28.3. The summed E-state index contributed by atoms with van der Waals surface area (Å²) in [6.07, 6.45) is 12.8. The maximum atomic E-state index is 12.3. The third-order valence-corrected chi connectivity index (χ3v) is 10.2. The molecule has 218 valence electrons. The third-order valence-electron chi connectivity index (χ3n) is 10.2. The fraction of sp³-hybridized carbons (Fsp3) is 0.515. The first-order valence-corrected chi connectivity index (χ1v) is 15.6. The quantitative estimate of drug-likeness (QED) is 0.367. The Morgan fingerprint density at radius 1 is 1.17 bits per heavy atom. The van der Waals surface area contributed by atoms with Crippen LogP contribution in [0.15, 0.2) is 42.9 Å². The number of hydrogen-bond donors (Lipinski definition) is 1. The van der Waals surface area contributed by atoms with Crippen molar-refractivity contribution in [1.29, 1.82) is 0 Å². The van der Waals surface area contributed by atoms with Gasteiger partial charge in [-0.3, -0.25) is 19.1 Å². The summed E-state index contributed by atoms with van der Waals surface area (Å²) in [5, 5.41) is 15.6. The number of benzene rings is 1. The average Bonchev–Trinajstić information content (AvgIpc) is 3.60. The predicted octanol–water partition coefficient (Wildman–Crippen LogP) is 4.61. The normalized spacial score (nSPS) is 20.5. The average molecular weight is 566 g/mol. The van der Waals surface area contributed by atoms with Crippen LogP contribution in [-0.4, -0.2) is 68.2 Å². The molecule has 8 rings (SSSR count). The van der Waals surface area contributed by atoms with E-state index in [0.29, 0.717) is 18.0 Å². The van der Waals surface area contributed by atoms with E-state index in [1.54, 1.807) is 6.92 Å². The van der Waals surface area contributed by atoms with Gasteiger partial charge in [-0.1, -0.05) is 18.2 Å². The highest BCUT2D eigenvalue weighted by atomic mass is 16.5. The number of aromatic nitrogens is 5. The SMILES string of the molecule is CC(=O)N1CCc2c(c(-c3cccc4cc(-c5cnn(CCC6CC7(CNC7)C6)c5)ncc34)nn2C2CCOCC2)C1. The van der Waals surface area contributed by atoms with Gasteiger partial charge < -0.3 is 15.0 Å². The molecule has 9 nitrogen and oxygen atoms in total. The number of rotatable bonds is 6. The van der Waals surface area contributed by atoms with Crippen LogP contribution in [-0.2, 0) is 29.0 Å². The first-order valence-electron chi connectivity index (χ1n) is 15.6. The van der Waals surface area contributed by atoms with E-state index < -0.39 is 0 Å². The molecule has 3 fully saturated rings. The van der Waals surface area contributed by atoms with Crippen LogP contribution >= 0.6 is 0 Å². The number of aryl methyl sites for hydroxylation is 1. The molecule has 1 spiro atoms. The third kappa shape index (κ3) is 4.54. The van der Waals surface area contributed by atoms with Crippen molar-refractivity contribution in [1.82, 2.24) is 34.8 Å². The molecule has 1 amide bonds. The lowest BCUT2D eigenvalue weighted by atomic mass is 9.58. The minimum atomic E-state index is 0.113. The molecular formula is C33H39N7O2. The summed E-state index contributed by atoms with van der Waals surface area (Å²) in [6, 6.07) is 8.92. The summed E-state index contributed by atoms with van der Waals surface area (Å²) in [7, 11) is 0.